The van der Waals surface area contributed by atoms with Crippen molar-refractivity contribution in [2.45, 2.75) is 38.1 Å². The molecule has 4 nitrogen and oxygen atoms in total. The average molecular weight is 265 g/mol. The van der Waals surface area contributed by atoms with Crippen molar-refractivity contribution in [1.82, 2.24) is 5.32 Å². The second-order valence-electron chi connectivity index (χ2n) is 4.92. The van der Waals surface area contributed by atoms with Gasteiger partial charge < -0.3 is 15.4 Å². The van der Waals surface area contributed by atoms with Gasteiger partial charge in [-0.2, -0.15) is 0 Å². The van der Waals surface area contributed by atoms with Gasteiger partial charge in [0.15, 0.2) is 0 Å². The molecule has 0 spiro atoms. The van der Waals surface area contributed by atoms with Crippen LogP contribution in [0.4, 0.5) is 4.39 Å². The number of hydrogen-bond donors (Lipinski definition) is 3. The number of benzene rings is 1. The van der Waals surface area contributed by atoms with E-state index in [2.05, 4.69) is 5.32 Å². The summed E-state index contributed by atoms with van der Waals surface area (Å²) >= 11 is 0. The first-order valence-electron chi connectivity index (χ1n) is 6.54. The first kappa shape index (κ1) is 14.0. The summed E-state index contributed by atoms with van der Waals surface area (Å²) in [6.45, 7) is 0. The Bertz CT molecular complexity index is 461. The summed E-state index contributed by atoms with van der Waals surface area (Å²) in [4.78, 5) is 12.0. The maximum Gasteiger partial charge on any atom is 0.491 e. The second-order valence-corrected chi connectivity index (χ2v) is 4.92. The van der Waals surface area contributed by atoms with E-state index in [0.29, 0.717) is 0 Å². The second kappa shape index (κ2) is 6.17. The van der Waals surface area contributed by atoms with Crippen LogP contribution in [0.15, 0.2) is 18.2 Å². The number of nitrogens with one attached hydrogen (secondary N) is 1. The third kappa shape index (κ3) is 3.55. The van der Waals surface area contributed by atoms with Crippen LogP contribution in [-0.4, -0.2) is 29.1 Å². The predicted molar refractivity (Wildman–Crippen MR) is 70.6 cm³/mol. The molecule has 19 heavy (non-hydrogen) atoms. The number of amides is 1. The van der Waals surface area contributed by atoms with Crippen molar-refractivity contribution in [3.8, 4) is 0 Å². The van der Waals surface area contributed by atoms with E-state index < -0.39 is 12.9 Å². The molecule has 0 aliphatic heterocycles. The fourth-order valence-corrected chi connectivity index (χ4v) is 2.40. The minimum absolute atomic E-state index is 0.161. The Morgan fingerprint density at radius 1 is 1.26 bits per heavy atom. The van der Waals surface area contributed by atoms with Crippen LogP contribution < -0.4 is 10.8 Å². The van der Waals surface area contributed by atoms with Gasteiger partial charge in [0.2, 0.25) is 0 Å². The summed E-state index contributed by atoms with van der Waals surface area (Å²) < 4.78 is 13.3. The Balaban J connectivity index is 2.08. The van der Waals surface area contributed by atoms with Gasteiger partial charge in [-0.3, -0.25) is 4.79 Å². The molecule has 0 radical (unpaired) electrons. The van der Waals surface area contributed by atoms with E-state index in [1.165, 1.54) is 18.6 Å². The minimum atomic E-state index is -1.91. The molecule has 1 aromatic carbocycles. The minimum Gasteiger partial charge on any atom is -0.423 e. The zero-order valence-corrected chi connectivity index (χ0v) is 10.6. The molecule has 1 aliphatic rings. The molecule has 0 saturated heterocycles. The molecule has 1 aliphatic carbocycles. The molecular weight excluding hydrogens is 248 g/mol. The molecule has 0 bridgehead atoms. The van der Waals surface area contributed by atoms with E-state index in [-0.39, 0.29) is 23.0 Å². The quantitative estimate of drug-likeness (QED) is 0.700. The molecule has 0 atom stereocenters. The molecule has 0 heterocycles. The van der Waals surface area contributed by atoms with E-state index in [4.69, 9.17) is 10.0 Å². The predicted octanol–water partition coefficient (Wildman–Crippen LogP) is 0.568. The van der Waals surface area contributed by atoms with Crippen LogP contribution in [-0.2, 0) is 0 Å². The summed E-state index contributed by atoms with van der Waals surface area (Å²) in [6.07, 6.45) is 5.33. The third-order valence-electron chi connectivity index (χ3n) is 3.48. The summed E-state index contributed by atoms with van der Waals surface area (Å²) in [5.41, 5.74) is -0.0358. The lowest BCUT2D eigenvalue weighted by Gasteiger charge is -2.22. The van der Waals surface area contributed by atoms with E-state index in [1.807, 2.05) is 0 Å². The zero-order valence-electron chi connectivity index (χ0n) is 10.6. The van der Waals surface area contributed by atoms with Gasteiger partial charge in [0.25, 0.3) is 5.91 Å². The van der Waals surface area contributed by atoms with Crippen LogP contribution in [0.1, 0.15) is 42.5 Å². The fourth-order valence-electron chi connectivity index (χ4n) is 2.40. The number of carbonyl (C=O) groups is 1. The maximum atomic E-state index is 13.3. The smallest absolute Gasteiger partial charge is 0.423 e. The standard InChI is InChI=1S/C13H17BFNO3/c15-12-7-6-9(8-11(12)14(18)19)13(17)16-10-4-2-1-3-5-10/h6-8,10,18-19H,1-5H2,(H,16,17). The first-order valence-corrected chi connectivity index (χ1v) is 6.54. The van der Waals surface area contributed by atoms with Gasteiger partial charge in [0.1, 0.15) is 5.82 Å². The van der Waals surface area contributed by atoms with Gasteiger partial charge in [-0.05, 0) is 31.0 Å². The molecular formula is C13H17BFNO3. The van der Waals surface area contributed by atoms with Crippen LogP contribution in [0, 0.1) is 5.82 Å². The molecule has 3 N–H and O–H groups in total. The first-order chi connectivity index (χ1) is 9.08. The van der Waals surface area contributed by atoms with Crippen LogP contribution in [0.2, 0.25) is 0 Å². The molecule has 1 aromatic rings. The van der Waals surface area contributed by atoms with Crippen LogP contribution in [0.25, 0.3) is 0 Å². The van der Waals surface area contributed by atoms with Gasteiger partial charge in [0.05, 0.1) is 0 Å². The Hall–Kier alpha value is -1.40. The number of hydrogen-bond acceptors (Lipinski definition) is 3. The van der Waals surface area contributed by atoms with Gasteiger partial charge >= 0.3 is 7.12 Å². The van der Waals surface area contributed by atoms with E-state index in [0.717, 1.165) is 31.7 Å². The van der Waals surface area contributed by atoms with Crippen molar-refractivity contribution in [2.75, 3.05) is 0 Å². The molecule has 1 amide bonds. The van der Waals surface area contributed by atoms with Gasteiger partial charge in [-0.15, -0.1) is 0 Å². The van der Waals surface area contributed by atoms with Crippen molar-refractivity contribution in [2.24, 2.45) is 0 Å². The monoisotopic (exact) mass is 265 g/mol. The molecule has 6 heteroatoms. The molecule has 102 valence electrons. The van der Waals surface area contributed by atoms with Gasteiger partial charge in [-0.25, -0.2) is 4.39 Å². The van der Waals surface area contributed by atoms with E-state index in [1.54, 1.807) is 0 Å². The number of halogens is 1. The fraction of sp³-hybridized carbons (Fsp3) is 0.462. The highest BCUT2D eigenvalue weighted by molar-refractivity contribution is 6.58. The largest absolute Gasteiger partial charge is 0.491 e. The highest BCUT2D eigenvalue weighted by Crippen LogP contribution is 2.17. The SMILES string of the molecule is O=C(NC1CCCCC1)c1ccc(F)c(B(O)O)c1. The molecule has 2 rings (SSSR count). The highest BCUT2D eigenvalue weighted by Gasteiger charge is 2.21. The lowest BCUT2D eigenvalue weighted by molar-refractivity contribution is 0.0928. The summed E-state index contributed by atoms with van der Waals surface area (Å²) in [7, 11) is -1.91. The molecule has 0 unspecified atom stereocenters. The molecule has 0 aromatic heterocycles. The van der Waals surface area contributed by atoms with Crippen molar-refractivity contribution in [3.63, 3.8) is 0 Å². The van der Waals surface area contributed by atoms with Crippen molar-refractivity contribution in [3.05, 3.63) is 29.6 Å². The number of rotatable bonds is 3. The molecule has 1 fully saturated rings. The average Bonchev–Trinajstić information content (AvgIpc) is 2.40. The van der Waals surface area contributed by atoms with Crippen LogP contribution in [0.5, 0.6) is 0 Å². The Morgan fingerprint density at radius 3 is 2.58 bits per heavy atom. The summed E-state index contributed by atoms with van der Waals surface area (Å²) in [6, 6.07) is 3.76. The summed E-state index contributed by atoms with van der Waals surface area (Å²) in [5, 5.41) is 20.9. The number of carbonyl (C=O) groups excluding carboxylic acids is 1. The third-order valence-corrected chi connectivity index (χ3v) is 3.48. The van der Waals surface area contributed by atoms with Crippen molar-refractivity contribution < 1.29 is 19.2 Å². The van der Waals surface area contributed by atoms with Gasteiger partial charge in [0, 0.05) is 17.1 Å². The van der Waals surface area contributed by atoms with Gasteiger partial charge in [-0.1, -0.05) is 19.3 Å². The van der Waals surface area contributed by atoms with Crippen molar-refractivity contribution in [1.29, 1.82) is 0 Å². The normalized spacial score (nSPS) is 16.2. The summed E-state index contributed by atoms with van der Waals surface area (Å²) in [5.74, 6) is -1.03. The lowest BCUT2D eigenvalue weighted by Crippen LogP contribution is -2.38. The lowest BCUT2D eigenvalue weighted by atomic mass is 9.79. The molecule has 1 saturated carbocycles. The maximum absolute atomic E-state index is 13.3. The van der Waals surface area contributed by atoms with E-state index in [9.17, 15) is 9.18 Å². The van der Waals surface area contributed by atoms with E-state index >= 15 is 0 Å². The highest BCUT2D eigenvalue weighted by atomic mass is 19.1. The van der Waals surface area contributed by atoms with Crippen LogP contribution in [0.3, 0.4) is 0 Å². The Labute approximate surface area is 111 Å². The van der Waals surface area contributed by atoms with Crippen LogP contribution >= 0.6 is 0 Å². The Morgan fingerprint density at radius 2 is 1.95 bits per heavy atom. The Kier molecular flexibility index (Phi) is 4.55. The zero-order chi connectivity index (χ0) is 13.8. The van der Waals surface area contributed by atoms with Crippen molar-refractivity contribution >= 4 is 18.5 Å². The topological polar surface area (TPSA) is 69.6 Å².